The Bertz CT molecular complexity index is 810. The summed E-state index contributed by atoms with van der Waals surface area (Å²) in [4.78, 5) is 35.6. The second-order valence-corrected chi connectivity index (χ2v) is 5.68. The molecule has 10 nitrogen and oxygen atoms in total. The number of hydrogen-bond donors (Lipinski definition) is 3. The maximum atomic E-state index is 12.4. The summed E-state index contributed by atoms with van der Waals surface area (Å²) in [5, 5.41) is 22.4. The molecule has 0 aromatic carbocycles. The lowest BCUT2D eigenvalue weighted by atomic mass is 10.3. The van der Waals surface area contributed by atoms with Crippen LogP contribution in [0.3, 0.4) is 0 Å². The Hall–Kier alpha value is -3.17. The van der Waals surface area contributed by atoms with Crippen molar-refractivity contribution in [3.05, 3.63) is 29.8 Å². The Balaban J connectivity index is 2.19. The number of amides is 2. The minimum absolute atomic E-state index is 0.125. The molecule has 0 spiro atoms. The molecule has 0 bridgehead atoms. The third-order valence-corrected chi connectivity index (χ3v) is 3.70. The SMILES string of the molecule is CCCNC(=O)c1nn(CC)cc1NC(=O)c1cnn(C(C)C(=O)O)c1. The molecule has 140 valence electrons. The zero-order valence-electron chi connectivity index (χ0n) is 14.9. The summed E-state index contributed by atoms with van der Waals surface area (Å²) in [6.07, 6.45) is 4.97. The van der Waals surface area contributed by atoms with E-state index < -0.39 is 17.9 Å². The molecule has 2 rings (SSSR count). The Morgan fingerprint density at radius 2 is 1.96 bits per heavy atom. The van der Waals surface area contributed by atoms with Crippen LogP contribution < -0.4 is 10.6 Å². The van der Waals surface area contributed by atoms with E-state index in [4.69, 9.17) is 5.11 Å². The average Bonchev–Trinajstić information content (AvgIpc) is 3.25. The van der Waals surface area contributed by atoms with Crippen molar-refractivity contribution >= 4 is 23.5 Å². The molecule has 0 aliphatic heterocycles. The molecular formula is C16H22N6O4. The maximum Gasteiger partial charge on any atom is 0.328 e. The summed E-state index contributed by atoms with van der Waals surface area (Å²) in [5.74, 6) is -1.93. The van der Waals surface area contributed by atoms with Gasteiger partial charge in [0.15, 0.2) is 5.69 Å². The normalized spacial score (nSPS) is 11.8. The summed E-state index contributed by atoms with van der Waals surface area (Å²) in [6, 6.07) is -0.894. The predicted molar refractivity (Wildman–Crippen MR) is 93.1 cm³/mol. The van der Waals surface area contributed by atoms with E-state index in [-0.39, 0.29) is 22.9 Å². The molecule has 1 atom stereocenters. The molecule has 0 aliphatic carbocycles. The molecule has 2 aromatic heterocycles. The lowest BCUT2D eigenvalue weighted by Crippen LogP contribution is -2.26. The molecule has 0 aliphatic rings. The molecule has 0 fully saturated rings. The Kier molecular flexibility index (Phi) is 6.10. The first-order chi connectivity index (χ1) is 12.4. The van der Waals surface area contributed by atoms with Crippen LogP contribution in [0.4, 0.5) is 5.69 Å². The number of aliphatic carboxylic acids is 1. The van der Waals surface area contributed by atoms with Crippen LogP contribution in [0.15, 0.2) is 18.6 Å². The Morgan fingerprint density at radius 1 is 1.23 bits per heavy atom. The second kappa shape index (κ2) is 8.28. The molecule has 26 heavy (non-hydrogen) atoms. The number of carbonyl (C=O) groups is 3. The van der Waals surface area contributed by atoms with Gasteiger partial charge in [-0.05, 0) is 20.3 Å². The number of hydrogen-bond acceptors (Lipinski definition) is 5. The van der Waals surface area contributed by atoms with E-state index in [1.807, 2.05) is 13.8 Å². The molecular weight excluding hydrogens is 340 g/mol. The molecule has 2 amide bonds. The number of aryl methyl sites for hydroxylation is 1. The van der Waals surface area contributed by atoms with Crippen LogP contribution in [-0.2, 0) is 11.3 Å². The molecule has 3 N–H and O–H groups in total. The average molecular weight is 362 g/mol. The highest BCUT2D eigenvalue weighted by molar-refractivity contribution is 6.08. The largest absolute Gasteiger partial charge is 0.480 e. The summed E-state index contributed by atoms with van der Waals surface area (Å²) in [7, 11) is 0. The fourth-order valence-corrected chi connectivity index (χ4v) is 2.14. The number of nitrogens with one attached hydrogen (secondary N) is 2. The van der Waals surface area contributed by atoms with Crippen LogP contribution in [0, 0.1) is 0 Å². The minimum Gasteiger partial charge on any atom is -0.480 e. The first kappa shape index (κ1) is 19.2. The topological polar surface area (TPSA) is 131 Å². The number of carboxylic acids is 1. The van der Waals surface area contributed by atoms with Gasteiger partial charge in [0.05, 0.1) is 17.4 Å². The van der Waals surface area contributed by atoms with Gasteiger partial charge in [0.2, 0.25) is 0 Å². The van der Waals surface area contributed by atoms with E-state index in [9.17, 15) is 14.4 Å². The van der Waals surface area contributed by atoms with Gasteiger partial charge in [0, 0.05) is 25.5 Å². The van der Waals surface area contributed by atoms with Crippen molar-refractivity contribution in [3.63, 3.8) is 0 Å². The van der Waals surface area contributed by atoms with Crippen LogP contribution >= 0.6 is 0 Å². The molecule has 0 saturated heterocycles. The highest BCUT2D eigenvalue weighted by Crippen LogP contribution is 2.16. The van der Waals surface area contributed by atoms with Gasteiger partial charge in [0.25, 0.3) is 11.8 Å². The number of aromatic nitrogens is 4. The van der Waals surface area contributed by atoms with Gasteiger partial charge in [-0.2, -0.15) is 10.2 Å². The van der Waals surface area contributed by atoms with Crippen LogP contribution in [-0.4, -0.2) is 49.0 Å². The fourth-order valence-electron chi connectivity index (χ4n) is 2.14. The van der Waals surface area contributed by atoms with E-state index in [0.29, 0.717) is 13.1 Å². The Labute approximate surface area is 150 Å². The van der Waals surface area contributed by atoms with E-state index in [2.05, 4.69) is 20.8 Å². The first-order valence-electron chi connectivity index (χ1n) is 8.31. The highest BCUT2D eigenvalue weighted by atomic mass is 16.4. The summed E-state index contributed by atoms with van der Waals surface area (Å²) in [6.45, 7) is 6.30. The maximum absolute atomic E-state index is 12.4. The van der Waals surface area contributed by atoms with Gasteiger partial charge < -0.3 is 15.7 Å². The van der Waals surface area contributed by atoms with Gasteiger partial charge in [-0.25, -0.2) is 4.79 Å². The third-order valence-electron chi connectivity index (χ3n) is 3.70. The van der Waals surface area contributed by atoms with E-state index in [1.165, 1.54) is 24.0 Å². The summed E-state index contributed by atoms with van der Waals surface area (Å²) >= 11 is 0. The number of rotatable bonds is 8. The third kappa shape index (κ3) is 4.26. The smallest absolute Gasteiger partial charge is 0.328 e. The van der Waals surface area contributed by atoms with Gasteiger partial charge in [0.1, 0.15) is 6.04 Å². The molecule has 2 heterocycles. The van der Waals surface area contributed by atoms with Gasteiger partial charge in [-0.15, -0.1) is 0 Å². The van der Waals surface area contributed by atoms with Gasteiger partial charge in [-0.1, -0.05) is 6.92 Å². The number of nitrogens with zero attached hydrogens (tertiary/aromatic N) is 4. The standard InChI is InChI=1S/C16H22N6O4/c1-4-6-17-15(24)13-12(9-21(5-2)20-13)19-14(23)11-7-18-22(8-11)10(3)16(25)26/h7-10H,4-6H2,1-3H3,(H,17,24)(H,19,23)(H,25,26). The van der Waals surface area contributed by atoms with E-state index >= 15 is 0 Å². The molecule has 10 heteroatoms. The van der Waals surface area contributed by atoms with Gasteiger partial charge in [-0.3, -0.25) is 19.0 Å². The number of carboxylic acid groups (broad SMARTS) is 1. The molecule has 0 radical (unpaired) electrons. The minimum atomic E-state index is -1.06. The highest BCUT2D eigenvalue weighted by Gasteiger charge is 2.21. The van der Waals surface area contributed by atoms with Crippen molar-refractivity contribution in [3.8, 4) is 0 Å². The molecule has 2 aromatic rings. The van der Waals surface area contributed by atoms with Crippen LogP contribution in [0.2, 0.25) is 0 Å². The predicted octanol–water partition coefficient (Wildman–Crippen LogP) is 1.14. The second-order valence-electron chi connectivity index (χ2n) is 5.68. The zero-order valence-corrected chi connectivity index (χ0v) is 14.9. The quantitative estimate of drug-likeness (QED) is 0.645. The monoisotopic (exact) mass is 362 g/mol. The van der Waals surface area contributed by atoms with Crippen molar-refractivity contribution in [2.75, 3.05) is 11.9 Å². The first-order valence-corrected chi connectivity index (χ1v) is 8.31. The lowest BCUT2D eigenvalue weighted by molar-refractivity contribution is -0.140. The van der Waals surface area contributed by atoms with E-state index in [1.54, 1.807) is 10.9 Å². The van der Waals surface area contributed by atoms with Crippen molar-refractivity contribution in [1.82, 2.24) is 24.9 Å². The summed E-state index contributed by atoms with van der Waals surface area (Å²) in [5.41, 5.74) is 0.590. The van der Waals surface area contributed by atoms with Crippen molar-refractivity contribution in [2.24, 2.45) is 0 Å². The Morgan fingerprint density at radius 3 is 2.58 bits per heavy atom. The number of carbonyl (C=O) groups excluding carboxylic acids is 2. The van der Waals surface area contributed by atoms with Crippen molar-refractivity contribution in [1.29, 1.82) is 0 Å². The molecule has 0 saturated carbocycles. The van der Waals surface area contributed by atoms with Crippen LogP contribution in [0.1, 0.15) is 54.1 Å². The van der Waals surface area contributed by atoms with Crippen LogP contribution in [0.25, 0.3) is 0 Å². The van der Waals surface area contributed by atoms with Crippen LogP contribution in [0.5, 0.6) is 0 Å². The van der Waals surface area contributed by atoms with Crippen molar-refractivity contribution < 1.29 is 19.5 Å². The van der Waals surface area contributed by atoms with Crippen molar-refractivity contribution in [2.45, 2.75) is 39.8 Å². The summed E-state index contributed by atoms with van der Waals surface area (Å²) < 4.78 is 2.73. The van der Waals surface area contributed by atoms with Gasteiger partial charge >= 0.3 is 5.97 Å². The zero-order chi connectivity index (χ0) is 19.3. The van der Waals surface area contributed by atoms with E-state index in [0.717, 1.165) is 6.42 Å². The fraction of sp³-hybridized carbons (Fsp3) is 0.438. The number of anilines is 1. The molecule has 1 unspecified atom stereocenters. The lowest BCUT2D eigenvalue weighted by Gasteiger charge is -2.06.